The van der Waals surface area contributed by atoms with Gasteiger partial charge in [-0.25, -0.2) is 0 Å². The maximum absolute atomic E-state index is 12.5. The van der Waals surface area contributed by atoms with Crippen LogP contribution in [-0.4, -0.2) is 35.7 Å². The van der Waals surface area contributed by atoms with Crippen molar-refractivity contribution in [3.05, 3.63) is 71.3 Å². The number of benzene rings is 2. The molecule has 0 spiro atoms. The van der Waals surface area contributed by atoms with E-state index in [0.717, 1.165) is 5.56 Å². The van der Waals surface area contributed by atoms with Crippen LogP contribution >= 0.6 is 0 Å². The van der Waals surface area contributed by atoms with E-state index in [4.69, 9.17) is 4.74 Å². The fourth-order valence-corrected chi connectivity index (χ4v) is 4.60. The highest BCUT2D eigenvalue weighted by atomic mass is 16.5. The minimum atomic E-state index is -0.516. The molecule has 0 bridgehead atoms. The van der Waals surface area contributed by atoms with Crippen molar-refractivity contribution in [2.45, 2.75) is 51.0 Å². The fourth-order valence-electron chi connectivity index (χ4n) is 4.60. The van der Waals surface area contributed by atoms with Gasteiger partial charge in [0.15, 0.2) is 12.4 Å². The van der Waals surface area contributed by atoms with E-state index >= 15 is 0 Å². The van der Waals surface area contributed by atoms with Gasteiger partial charge in [-0.2, -0.15) is 0 Å². The molecule has 1 aliphatic carbocycles. The van der Waals surface area contributed by atoms with E-state index in [2.05, 4.69) is 0 Å². The zero-order chi connectivity index (χ0) is 21.6. The highest BCUT2D eigenvalue weighted by Crippen LogP contribution is 2.32. The number of likely N-dealkylation sites (tertiary alicyclic amines) is 1. The van der Waals surface area contributed by atoms with Crippen molar-refractivity contribution in [1.82, 2.24) is 4.90 Å². The van der Waals surface area contributed by atoms with Crippen molar-refractivity contribution in [2.24, 2.45) is 5.92 Å². The molecule has 2 aliphatic rings. The number of ether oxygens (including phenoxy) is 1. The van der Waals surface area contributed by atoms with Crippen LogP contribution < -0.4 is 0 Å². The Balaban J connectivity index is 1.26. The van der Waals surface area contributed by atoms with E-state index in [1.807, 2.05) is 54.6 Å². The van der Waals surface area contributed by atoms with Gasteiger partial charge in [-0.3, -0.25) is 14.4 Å². The van der Waals surface area contributed by atoms with Gasteiger partial charge in [0.1, 0.15) is 0 Å². The normalized spacial score (nSPS) is 19.4. The van der Waals surface area contributed by atoms with Crippen LogP contribution in [0, 0.1) is 5.92 Å². The lowest BCUT2D eigenvalue weighted by atomic mass is 9.84. The summed E-state index contributed by atoms with van der Waals surface area (Å²) >= 11 is 0. The first-order valence-corrected chi connectivity index (χ1v) is 11.2. The summed E-state index contributed by atoms with van der Waals surface area (Å²) in [6.07, 6.45) is 6.42. The van der Waals surface area contributed by atoms with Crippen LogP contribution in [0.25, 0.3) is 0 Å². The Morgan fingerprint density at radius 2 is 1.65 bits per heavy atom. The zero-order valence-corrected chi connectivity index (χ0v) is 17.8. The number of hydrogen-bond acceptors (Lipinski definition) is 4. The van der Waals surface area contributed by atoms with E-state index in [9.17, 15) is 14.4 Å². The predicted octanol–water partition coefficient (Wildman–Crippen LogP) is 4.51. The Morgan fingerprint density at radius 1 is 0.935 bits per heavy atom. The molecule has 1 amide bonds. The summed E-state index contributed by atoms with van der Waals surface area (Å²) in [7, 11) is 0. The smallest absolute Gasteiger partial charge is 0.311 e. The molecule has 0 N–H and O–H groups in total. The fraction of sp³-hybridized carbons (Fsp3) is 0.423. The molecule has 0 unspecified atom stereocenters. The van der Waals surface area contributed by atoms with Gasteiger partial charge in [0, 0.05) is 25.1 Å². The number of carbonyl (C=O) groups excluding carboxylic acids is 3. The summed E-state index contributed by atoms with van der Waals surface area (Å²) in [6, 6.07) is 17.4. The van der Waals surface area contributed by atoms with E-state index < -0.39 is 11.9 Å². The molecule has 162 valence electrons. The lowest BCUT2D eigenvalue weighted by Gasteiger charge is -2.22. The van der Waals surface area contributed by atoms with E-state index in [0.29, 0.717) is 24.6 Å². The lowest BCUT2D eigenvalue weighted by molar-refractivity contribution is -0.147. The van der Waals surface area contributed by atoms with Crippen LogP contribution in [0.3, 0.4) is 0 Å². The minimum absolute atomic E-state index is 0.0598. The number of ketones is 1. The molecule has 2 aromatic rings. The second-order valence-electron chi connectivity index (χ2n) is 8.65. The highest BCUT2D eigenvalue weighted by Gasteiger charge is 2.35. The molecule has 1 heterocycles. The van der Waals surface area contributed by atoms with Crippen LogP contribution in [0.15, 0.2) is 54.6 Å². The average molecular weight is 420 g/mol. The van der Waals surface area contributed by atoms with Gasteiger partial charge in [0.25, 0.3) is 0 Å². The number of carbonyl (C=O) groups is 3. The molecule has 5 heteroatoms. The maximum atomic E-state index is 12.5. The number of esters is 1. The monoisotopic (exact) mass is 419 g/mol. The van der Waals surface area contributed by atoms with Crippen molar-refractivity contribution in [2.75, 3.05) is 13.2 Å². The molecule has 1 saturated heterocycles. The summed E-state index contributed by atoms with van der Waals surface area (Å²) in [4.78, 5) is 38.8. The van der Waals surface area contributed by atoms with Gasteiger partial charge in [0.2, 0.25) is 5.91 Å². The van der Waals surface area contributed by atoms with Gasteiger partial charge in [-0.1, -0.05) is 73.9 Å². The van der Waals surface area contributed by atoms with Crippen LogP contribution in [-0.2, 0) is 20.9 Å². The standard InChI is InChI=1S/C26H29NO4/c28-24(22-13-11-21(12-14-22)20-9-5-2-6-10-20)18-31-26(30)23-15-25(29)27(17-23)16-19-7-3-1-4-8-19/h1,3-4,7-8,11-14,20,23H,2,5-6,9-10,15-18H2/t23-/m0/s1. The van der Waals surface area contributed by atoms with Gasteiger partial charge in [0.05, 0.1) is 5.92 Å². The summed E-state index contributed by atoms with van der Waals surface area (Å²) in [5.74, 6) is -0.673. The SMILES string of the molecule is O=C(COC(=O)[C@H]1CC(=O)N(Cc2ccccc2)C1)c1ccc(C2CCCCC2)cc1. The average Bonchev–Trinajstić information content (AvgIpc) is 3.19. The lowest BCUT2D eigenvalue weighted by Crippen LogP contribution is -2.27. The van der Waals surface area contributed by atoms with Crippen LogP contribution in [0.2, 0.25) is 0 Å². The van der Waals surface area contributed by atoms with Gasteiger partial charge < -0.3 is 9.64 Å². The van der Waals surface area contributed by atoms with Crippen LogP contribution in [0.4, 0.5) is 0 Å². The molecule has 2 fully saturated rings. The molecule has 1 atom stereocenters. The van der Waals surface area contributed by atoms with Crippen molar-refractivity contribution < 1.29 is 19.1 Å². The Kier molecular flexibility index (Phi) is 6.80. The number of hydrogen-bond donors (Lipinski definition) is 0. The molecule has 4 rings (SSSR count). The first-order valence-electron chi connectivity index (χ1n) is 11.2. The molecular weight excluding hydrogens is 390 g/mol. The largest absolute Gasteiger partial charge is 0.457 e. The maximum Gasteiger partial charge on any atom is 0.311 e. The number of rotatable bonds is 7. The van der Waals surface area contributed by atoms with Crippen molar-refractivity contribution >= 4 is 17.7 Å². The van der Waals surface area contributed by atoms with Gasteiger partial charge >= 0.3 is 5.97 Å². The van der Waals surface area contributed by atoms with Crippen molar-refractivity contribution in [1.29, 1.82) is 0 Å². The molecular formula is C26H29NO4. The number of amides is 1. The number of Topliss-reactive ketones (excluding diaryl/α,β-unsaturated/α-hetero) is 1. The summed E-state index contributed by atoms with van der Waals surface area (Å²) < 4.78 is 5.27. The summed E-state index contributed by atoms with van der Waals surface area (Å²) in [6.45, 7) is 0.525. The molecule has 1 saturated carbocycles. The summed E-state index contributed by atoms with van der Waals surface area (Å²) in [5.41, 5.74) is 2.87. The zero-order valence-electron chi connectivity index (χ0n) is 17.8. The Labute approximate surface area is 183 Å². The third-order valence-electron chi connectivity index (χ3n) is 6.42. The third-order valence-corrected chi connectivity index (χ3v) is 6.42. The molecule has 31 heavy (non-hydrogen) atoms. The minimum Gasteiger partial charge on any atom is -0.457 e. The van der Waals surface area contributed by atoms with Crippen LogP contribution in [0.1, 0.15) is 65.9 Å². The van der Waals surface area contributed by atoms with Crippen LogP contribution in [0.5, 0.6) is 0 Å². The van der Waals surface area contributed by atoms with Crippen molar-refractivity contribution in [3.8, 4) is 0 Å². The number of nitrogens with zero attached hydrogens (tertiary/aromatic N) is 1. The first kappa shape index (κ1) is 21.3. The second-order valence-corrected chi connectivity index (χ2v) is 8.65. The third kappa shape index (κ3) is 5.40. The molecule has 1 aliphatic heterocycles. The van der Waals surface area contributed by atoms with Crippen molar-refractivity contribution in [3.63, 3.8) is 0 Å². The predicted molar refractivity (Wildman–Crippen MR) is 118 cm³/mol. The second kappa shape index (κ2) is 9.90. The Morgan fingerprint density at radius 3 is 2.35 bits per heavy atom. The molecule has 2 aromatic carbocycles. The molecule has 5 nitrogen and oxygen atoms in total. The molecule has 0 radical (unpaired) electrons. The van der Waals surface area contributed by atoms with E-state index in [1.165, 1.54) is 37.7 Å². The quantitative estimate of drug-likeness (QED) is 0.489. The summed E-state index contributed by atoms with van der Waals surface area (Å²) in [5, 5.41) is 0. The Bertz CT molecular complexity index is 916. The highest BCUT2D eigenvalue weighted by molar-refractivity contribution is 5.98. The van der Waals surface area contributed by atoms with E-state index in [1.54, 1.807) is 4.90 Å². The Hall–Kier alpha value is -2.95. The topological polar surface area (TPSA) is 63.7 Å². The molecule has 0 aromatic heterocycles. The van der Waals surface area contributed by atoms with E-state index in [-0.39, 0.29) is 24.7 Å². The van der Waals surface area contributed by atoms with Gasteiger partial charge in [-0.05, 0) is 29.9 Å². The van der Waals surface area contributed by atoms with Gasteiger partial charge in [-0.15, -0.1) is 0 Å². The first-order chi connectivity index (χ1) is 15.1.